The van der Waals surface area contributed by atoms with Crippen molar-refractivity contribution in [3.8, 4) is 0 Å². The molecule has 2 aromatic carbocycles. The van der Waals surface area contributed by atoms with Crippen LogP contribution in [-0.4, -0.2) is 36.7 Å². The summed E-state index contributed by atoms with van der Waals surface area (Å²) in [5, 5.41) is 10.9. The van der Waals surface area contributed by atoms with Gasteiger partial charge >= 0.3 is 0 Å². The number of hydrogen-bond acceptors (Lipinski definition) is 2. The first kappa shape index (κ1) is 16.7. The minimum atomic E-state index is -0.940. The molecule has 24 heavy (non-hydrogen) atoms. The molecule has 5 heteroatoms. The second kappa shape index (κ2) is 6.77. The lowest BCUT2D eigenvalue weighted by Gasteiger charge is -2.38. The summed E-state index contributed by atoms with van der Waals surface area (Å²) in [6.07, 6.45) is 1.61. The third kappa shape index (κ3) is 3.67. The highest BCUT2D eigenvalue weighted by molar-refractivity contribution is 6.56. The average Bonchev–Trinajstić information content (AvgIpc) is 2.58. The minimum absolute atomic E-state index is 0.247. The first-order chi connectivity index (χ1) is 11.5. The van der Waals surface area contributed by atoms with Crippen molar-refractivity contribution >= 4 is 13.7 Å². The van der Waals surface area contributed by atoms with Gasteiger partial charge in [-0.05, 0) is 48.1 Å². The van der Waals surface area contributed by atoms with Gasteiger partial charge in [0.15, 0.2) is 5.81 Å². The minimum Gasteiger partial charge on any atom is -0.385 e. The first-order valence-corrected chi connectivity index (χ1v) is 8.07. The molecule has 1 amide bonds. The maximum atomic E-state index is 13.0. The van der Waals surface area contributed by atoms with Gasteiger partial charge in [0.25, 0.3) is 0 Å². The first-order valence-electron chi connectivity index (χ1n) is 8.07. The van der Waals surface area contributed by atoms with Crippen molar-refractivity contribution in [2.45, 2.75) is 24.9 Å². The highest BCUT2D eigenvalue weighted by atomic mass is 19.1. The lowest BCUT2D eigenvalue weighted by molar-refractivity contribution is -0.0148. The number of halogens is 1. The lowest BCUT2D eigenvalue weighted by Crippen LogP contribution is -2.44. The fourth-order valence-electron chi connectivity index (χ4n) is 3.19. The number of nitrogens with zero attached hydrogens (tertiary/aromatic N) is 1. The zero-order chi connectivity index (χ0) is 17.2. The third-order valence-corrected chi connectivity index (χ3v) is 4.69. The molecule has 0 atom stereocenters. The zero-order valence-corrected chi connectivity index (χ0v) is 13.4. The van der Waals surface area contributed by atoms with E-state index in [0.29, 0.717) is 32.4 Å². The number of hydrogen-bond donors (Lipinski definition) is 1. The quantitative estimate of drug-likeness (QED) is 0.882. The van der Waals surface area contributed by atoms with Gasteiger partial charge < -0.3 is 10.0 Å². The van der Waals surface area contributed by atoms with Gasteiger partial charge in [-0.1, -0.05) is 36.4 Å². The van der Waals surface area contributed by atoms with E-state index >= 15 is 0 Å². The molecule has 122 valence electrons. The van der Waals surface area contributed by atoms with Crippen LogP contribution in [0.4, 0.5) is 9.18 Å². The fraction of sp³-hybridized carbons (Fsp3) is 0.316. The number of rotatable bonds is 3. The normalized spacial score (nSPS) is 16.8. The monoisotopic (exact) mass is 323 g/mol. The predicted molar refractivity (Wildman–Crippen MR) is 91.5 cm³/mol. The molecule has 1 fully saturated rings. The zero-order valence-electron chi connectivity index (χ0n) is 13.4. The Hall–Kier alpha value is -2.14. The van der Waals surface area contributed by atoms with Crippen LogP contribution in [0, 0.1) is 5.82 Å². The molecular formula is C19H19BFNO2. The lowest BCUT2D eigenvalue weighted by atomic mass is 9.83. The number of aliphatic hydroxyl groups is 1. The van der Waals surface area contributed by atoms with Crippen LogP contribution in [0.2, 0.25) is 0 Å². The molecule has 1 aliphatic rings. The molecule has 1 heterocycles. The SMILES string of the molecule is [B]C(=O)N1CCC(O)(c2cccc(Cc3ccc(F)cc3)c2)CC1. The molecule has 1 aliphatic heterocycles. The van der Waals surface area contributed by atoms with Crippen molar-refractivity contribution in [3.05, 3.63) is 71.0 Å². The van der Waals surface area contributed by atoms with E-state index in [4.69, 9.17) is 7.85 Å². The Morgan fingerprint density at radius 1 is 1.12 bits per heavy atom. The van der Waals surface area contributed by atoms with Crippen molar-refractivity contribution in [1.82, 2.24) is 4.90 Å². The van der Waals surface area contributed by atoms with E-state index in [9.17, 15) is 14.3 Å². The number of amides is 1. The van der Waals surface area contributed by atoms with Gasteiger partial charge in [0.1, 0.15) is 5.82 Å². The van der Waals surface area contributed by atoms with Gasteiger partial charge in [-0.3, -0.25) is 4.79 Å². The Morgan fingerprint density at radius 3 is 2.42 bits per heavy atom. The molecule has 3 rings (SSSR count). The molecule has 0 unspecified atom stereocenters. The van der Waals surface area contributed by atoms with Crippen molar-refractivity contribution in [3.63, 3.8) is 0 Å². The van der Waals surface area contributed by atoms with Crippen LogP contribution in [0.15, 0.2) is 48.5 Å². The van der Waals surface area contributed by atoms with Crippen LogP contribution in [0.25, 0.3) is 0 Å². The van der Waals surface area contributed by atoms with Crippen molar-refractivity contribution < 1.29 is 14.3 Å². The number of piperidine rings is 1. The molecular weight excluding hydrogens is 304 g/mol. The Morgan fingerprint density at radius 2 is 1.79 bits per heavy atom. The van der Waals surface area contributed by atoms with Gasteiger partial charge in [0, 0.05) is 13.1 Å². The van der Waals surface area contributed by atoms with Crippen LogP contribution in [-0.2, 0) is 12.0 Å². The van der Waals surface area contributed by atoms with E-state index < -0.39 is 11.4 Å². The standard InChI is InChI=1S/C19H19BFNO2/c20-18(23)22-10-8-19(24,9-11-22)16-3-1-2-15(13-16)12-14-4-6-17(21)7-5-14/h1-7,13,24H,8-12H2. The van der Waals surface area contributed by atoms with E-state index in [1.54, 1.807) is 17.0 Å². The summed E-state index contributed by atoms with van der Waals surface area (Å²) in [6.45, 7) is 0.905. The van der Waals surface area contributed by atoms with E-state index in [0.717, 1.165) is 16.7 Å². The van der Waals surface area contributed by atoms with E-state index in [1.165, 1.54) is 12.1 Å². The van der Waals surface area contributed by atoms with E-state index in [2.05, 4.69) is 0 Å². The van der Waals surface area contributed by atoms with Crippen LogP contribution < -0.4 is 0 Å². The van der Waals surface area contributed by atoms with Crippen molar-refractivity contribution in [2.24, 2.45) is 0 Å². The van der Waals surface area contributed by atoms with Gasteiger partial charge in [-0.25, -0.2) is 4.39 Å². The Kier molecular flexibility index (Phi) is 4.72. The smallest absolute Gasteiger partial charge is 0.200 e. The van der Waals surface area contributed by atoms with Crippen LogP contribution in [0.3, 0.4) is 0 Å². The molecule has 1 N–H and O–H groups in total. The largest absolute Gasteiger partial charge is 0.385 e. The second-order valence-electron chi connectivity index (χ2n) is 6.36. The number of carbonyl (C=O) groups excluding carboxylic acids is 1. The highest BCUT2D eigenvalue weighted by Gasteiger charge is 2.34. The summed E-state index contributed by atoms with van der Waals surface area (Å²) in [7, 11) is 5.29. The summed E-state index contributed by atoms with van der Waals surface area (Å²) in [5.41, 5.74) is 1.99. The summed E-state index contributed by atoms with van der Waals surface area (Å²) >= 11 is 0. The third-order valence-electron chi connectivity index (χ3n) is 4.69. The van der Waals surface area contributed by atoms with Gasteiger partial charge in [-0.2, -0.15) is 0 Å². The summed E-state index contributed by atoms with van der Waals surface area (Å²) in [5.74, 6) is -0.690. The van der Waals surface area contributed by atoms with Crippen molar-refractivity contribution in [1.29, 1.82) is 0 Å². The molecule has 1 saturated heterocycles. The molecule has 0 aromatic heterocycles. The van der Waals surface area contributed by atoms with E-state index in [1.807, 2.05) is 24.3 Å². The van der Waals surface area contributed by atoms with Gasteiger partial charge in [0.05, 0.1) is 5.60 Å². The van der Waals surface area contributed by atoms with Gasteiger partial charge in [-0.15, -0.1) is 0 Å². The Labute approximate surface area is 142 Å². The molecule has 0 aliphatic carbocycles. The summed E-state index contributed by atoms with van der Waals surface area (Å²) in [4.78, 5) is 12.8. The predicted octanol–water partition coefficient (Wildman–Crippen LogP) is 2.99. The number of benzene rings is 2. The molecule has 0 spiro atoms. The van der Waals surface area contributed by atoms with E-state index in [-0.39, 0.29) is 5.82 Å². The fourth-order valence-corrected chi connectivity index (χ4v) is 3.19. The molecule has 3 nitrogen and oxygen atoms in total. The van der Waals surface area contributed by atoms with Gasteiger partial charge in [0.2, 0.25) is 7.85 Å². The summed E-state index contributed by atoms with van der Waals surface area (Å²) in [6, 6.07) is 14.3. The molecule has 2 aromatic rings. The highest BCUT2D eigenvalue weighted by Crippen LogP contribution is 2.33. The average molecular weight is 323 g/mol. The number of carbonyl (C=O) groups is 1. The van der Waals surface area contributed by atoms with Crippen molar-refractivity contribution in [2.75, 3.05) is 13.1 Å². The van der Waals surface area contributed by atoms with Crippen LogP contribution in [0.1, 0.15) is 29.5 Å². The molecule has 2 radical (unpaired) electrons. The number of likely N-dealkylation sites (tertiary alicyclic amines) is 1. The van der Waals surface area contributed by atoms with Crippen LogP contribution >= 0.6 is 0 Å². The molecule has 0 bridgehead atoms. The summed E-state index contributed by atoms with van der Waals surface area (Å²) < 4.78 is 13.0. The second-order valence-corrected chi connectivity index (χ2v) is 6.36. The maximum absolute atomic E-state index is 13.0. The molecule has 0 saturated carbocycles. The maximum Gasteiger partial charge on any atom is 0.200 e. The van der Waals surface area contributed by atoms with Crippen LogP contribution in [0.5, 0.6) is 0 Å². The topological polar surface area (TPSA) is 40.5 Å². The Balaban J connectivity index is 1.75. The Bertz CT molecular complexity index is 724.